The summed E-state index contributed by atoms with van der Waals surface area (Å²) >= 11 is 0. The zero-order valence-corrected chi connectivity index (χ0v) is 14.9. The summed E-state index contributed by atoms with van der Waals surface area (Å²) in [7, 11) is 0. The van der Waals surface area contributed by atoms with Gasteiger partial charge in [-0.25, -0.2) is 4.68 Å². The molecule has 0 radical (unpaired) electrons. The first-order valence-corrected chi connectivity index (χ1v) is 9.39. The van der Waals surface area contributed by atoms with E-state index in [0.717, 1.165) is 43.6 Å². The summed E-state index contributed by atoms with van der Waals surface area (Å²) in [4.78, 5) is 14.5. The second-order valence-electron chi connectivity index (χ2n) is 6.96. The smallest absolute Gasteiger partial charge is 0.222 e. The third kappa shape index (κ3) is 3.97. The van der Waals surface area contributed by atoms with Crippen molar-refractivity contribution in [2.75, 3.05) is 26.3 Å². The molecule has 4 rings (SSSR count). The Morgan fingerprint density at radius 2 is 1.85 bits per heavy atom. The highest BCUT2D eigenvalue weighted by Gasteiger charge is 2.31. The van der Waals surface area contributed by atoms with Crippen LogP contribution in [0, 0.1) is 5.92 Å². The van der Waals surface area contributed by atoms with E-state index in [1.807, 2.05) is 52.3 Å². The van der Waals surface area contributed by atoms with Crippen LogP contribution in [-0.4, -0.2) is 53.2 Å². The van der Waals surface area contributed by atoms with Crippen LogP contribution < -0.4 is 0 Å². The maximum Gasteiger partial charge on any atom is 0.222 e. The van der Waals surface area contributed by atoms with E-state index in [1.165, 1.54) is 0 Å². The zero-order chi connectivity index (χ0) is 17.8. The lowest BCUT2D eigenvalue weighted by atomic mass is 9.96. The molecule has 26 heavy (non-hydrogen) atoms. The van der Waals surface area contributed by atoms with Gasteiger partial charge in [-0.2, -0.15) is 5.10 Å². The standard InChI is InChI=1S/C20H25N3O3/c24-19(22-10-8-17(9-11-22)20-25-12-13-26-20)7-6-16-14-21-23(15-16)18-4-2-1-3-5-18/h1-5,14-15,17,20H,6-13H2. The quantitative estimate of drug-likeness (QED) is 0.827. The summed E-state index contributed by atoms with van der Waals surface area (Å²) in [6.45, 7) is 2.99. The molecule has 2 aliphatic heterocycles. The van der Waals surface area contributed by atoms with E-state index in [2.05, 4.69) is 5.10 Å². The van der Waals surface area contributed by atoms with E-state index in [9.17, 15) is 4.79 Å². The lowest BCUT2D eigenvalue weighted by molar-refractivity contribution is -0.136. The van der Waals surface area contributed by atoms with Crippen LogP contribution in [0.1, 0.15) is 24.8 Å². The van der Waals surface area contributed by atoms with Gasteiger partial charge in [-0.3, -0.25) is 4.79 Å². The minimum absolute atomic E-state index is 0.0592. The number of hydrogen-bond acceptors (Lipinski definition) is 4. The van der Waals surface area contributed by atoms with E-state index in [0.29, 0.717) is 25.6 Å². The average molecular weight is 355 g/mol. The zero-order valence-electron chi connectivity index (χ0n) is 14.9. The second kappa shape index (κ2) is 8.01. The Morgan fingerprint density at radius 1 is 1.12 bits per heavy atom. The first kappa shape index (κ1) is 17.2. The first-order chi connectivity index (χ1) is 12.8. The second-order valence-corrected chi connectivity index (χ2v) is 6.96. The molecule has 1 aromatic carbocycles. The van der Waals surface area contributed by atoms with Crippen LogP contribution >= 0.6 is 0 Å². The molecule has 1 amide bonds. The number of amides is 1. The molecule has 2 saturated heterocycles. The Hall–Kier alpha value is -2.18. The van der Waals surface area contributed by atoms with Gasteiger partial charge in [-0.1, -0.05) is 18.2 Å². The summed E-state index contributed by atoms with van der Waals surface area (Å²) in [5.41, 5.74) is 2.12. The fraction of sp³-hybridized carbons (Fsp3) is 0.500. The molecule has 138 valence electrons. The molecule has 0 saturated carbocycles. The Kier molecular flexibility index (Phi) is 5.32. The van der Waals surface area contributed by atoms with Crippen LogP contribution in [0.15, 0.2) is 42.7 Å². The molecule has 0 unspecified atom stereocenters. The van der Waals surface area contributed by atoms with Gasteiger partial charge in [-0.05, 0) is 37.0 Å². The lowest BCUT2D eigenvalue weighted by Gasteiger charge is -2.33. The van der Waals surface area contributed by atoms with Crippen molar-refractivity contribution in [3.05, 3.63) is 48.3 Å². The largest absolute Gasteiger partial charge is 0.350 e. The highest BCUT2D eigenvalue weighted by atomic mass is 16.7. The molecular weight excluding hydrogens is 330 g/mol. The van der Waals surface area contributed by atoms with Crippen molar-refractivity contribution in [3.63, 3.8) is 0 Å². The number of nitrogens with zero attached hydrogens (tertiary/aromatic N) is 3. The van der Waals surface area contributed by atoms with Gasteiger partial charge in [0.2, 0.25) is 5.91 Å². The number of ether oxygens (including phenoxy) is 2. The molecule has 2 aliphatic rings. The molecule has 2 aromatic rings. The van der Waals surface area contributed by atoms with Gasteiger partial charge in [0.05, 0.1) is 25.1 Å². The molecule has 0 spiro atoms. The minimum atomic E-state index is -0.0592. The molecule has 6 heteroatoms. The summed E-state index contributed by atoms with van der Waals surface area (Å²) < 4.78 is 13.0. The fourth-order valence-electron chi connectivity index (χ4n) is 3.69. The lowest BCUT2D eigenvalue weighted by Crippen LogP contribution is -2.41. The number of piperidine rings is 1. The van der Waals surface area contributed by atoms with Crippen molar-refractivity contribution in [1.82, 2.24) is 14.7 Å². The molecule has 0 atom stereocenters. The van der Waals surface area contributed by atoms with Gasteiger partial charge in [0, 0.05) is 31.6 Å². The van der Waals surface area contributed by atoms with Crippen molar-refractivity contribution >= 4 is 5.91 Å². The Labute approximate surface area is 153 Å². The number of benzene rings is 1. The van der Waals surface area contributed by atoms with E-state index < -0.39 is 0 Å². The van der Waals surface area contributed by atoms with Crippen molar-refractivity contribution in [1.29, 1.82) is 0 Å². The van der Waals surface area contributed by atoms with Crippen molar-refractivity contribution in [2.24, 2.45) is 5.92 Å². The van der Waals surface area contributed by atoms with Crippen molar-refractivity contribution < 1.29 is 14.3 Å². The molecule has 1 aromatic heterocycles. The van der Waals surface area contributed by atoms with Crippen molar-refractivity contribution in [2.45, 2.75) is 32.0 Å². The van der Waals surface area contributed by atoms with E-state index in [4.69, 9.17) is 9.47 Å². The normalized spacial score (nSPS) is 19.2. The highest BCUT2D eigenvalue weighted by Crippen LogP contribution is 2.26. The van der Waals surface area contributed by atoms with Crippen LogP contribution in [0.2, 0.25) is 0 Å². The van der Waals surface area contributed by atoms with Gasteiger partial charge < -0.3 is 14.4 Å². The van der Waals surface area contributed by atoms with Gasteiger partial charge in [0.1, 0.15) is 0 Å². The number of carbonyl (C=O) groups is 1. The number of para-hydroxylation sites is 1. The summed E-state index contributed by atoms with van der Waals surface area (Å²) in [6, 6.07) is 10.0. The number of aromatic nitrogens is 2. The summed E-state index contributed by atoms with van der Waals surface area (Å²) in [6.07, 6.45) is 6.97. The number of likely N-dealkylation sites (tertiary alicyclic amines) is 1. The van der Waals surface area contributed by atoms with Crippen LogP contribution in [-0.2, 0) is 20.7 Å². The molecule has 6 nitrogen and oxygen atoms in total. The van der Waals surface area contributed by atoms with E-state index in [-0.39, 0.29) is 12.2 Å². The predicted octanol–water partition coefficient (Wildman–Crippen LogP) is 2.42. The predicted molar refractivity (Wildman–Crippen MR) is 96.9 cm³/mol. The van der Waals surface area contributed by atoms with E-state index >= 15 is 0 Å². The van der Waals surface area contributed by atoms with Crippen LogP contribution in [0.3, 0.4) is 0 Å². The van der Waals surface area contributed by atoms with Crippen LogP contribution in [0.25, 0.3) is 5.69 Å². The van der Waals surface area contributed by atoms with Gasteiger partial charge in [0.25, 0.3) is 0 Å². The maximum absolute atomic E-state index is 12.5. The van der Waals surface area contributed by atoms with Crippen LogP contribution in [0.4, 0.5) is 0 Å². The Bertz CT molecular complexity index is 717. The SMILES string of the molecule is O=C(CCc1cnn(-c2ccccc2)c1)N1CCC(C2OCCO2)CC1. The molecule has 0 N–H and O–H groups in total. The maximum atomic E-state index is 12.5. The summed E-state index contributed by atoms with van der Waals surface area (Å²) in [5.74, 6) is 0.648. The van der Waals surface area contributed by atoms with Crippen molar-refractivity contribution in [3.8, 4) is 5.69 Å². The first-order valence-electron chi connectivity index (χ1n) is 9.39. The molecule has 3 heterocycles. The average Bonchev–Trinajstić information content (AvgIpc) is 3.39. The molecule has 0 aliphatic carbocycles. The Balaban J connectivity index is 1.25. The van der Waals surface area contributed by atoms with Crippen LogP contribution in [0.5, 0.6) is 0 Å². The molecule has 0 bridgehead atoms. The van der Waals surface area contributed by atoms with E-state index in [1.54, 1.807) is 0 Å². The topological polar surface area (TPSA) is 56.6 Å². The third-order valence-electron chi connectivity index (χ3n) is 5.21. The number of hydrogen-bond donors (Lipinski definition) is 0. The van der Waals surface area contributed by atoms with Gasteiger partial charge in [-0.15, -0.1) is 0 Å². The fourth-order valence-corrected chi connectivity index (χ4v) is 3.69. The Morgan fingerprint density at radius 3 is 2.58 bits per heavy atom. The monoisotopic (exact) mass is 355 g/mol. The minimum Gasteiger partial charge on any atom is -0.350 e. The summed E-state index contributed by atoms with van der Waals surface area (Å²) in [5, 5.41) is 4.39. The number of aryl methyl sites for hydroxylation is 1. The number of rotatable bonds is 5. The van der Waals surface area contributed by atoms with Gasteiger partial charge >= 0.3 is 0 Å². The third-order valence-corrected chi connectivity index (χ3v) is 5.21. The molecular formula is C20H25N3O3. The number of carbonyl (C=O) groups excluding carboxylic acids is 1. The van der Waals surface area contributed by atoms with Gasteiger partial charge in [0.15, 0.2) is 6.29 Å². The molecule has 2 fully saturated rings. The highest BCUT2D eigenvalue weighted by molar-refractivity contribution is 5.76.